The van der Waals surface area contributed by atoms with E-state index in [1.54, 1.807) is 0 Å². The molecule has 0 rings (SSSR count). The van der Waals surface area contributed by atoms with Gasteiger partial charge >= 0.3 is 0 Å². The van der Waals surface area contributed by atoms with E-state index in [-0.39, 0.29) is 5.41 Å². The zero-order valence-corrected chi connectivity index (χ0v) is 9.73. The van der Waals surface area contributed by atoms with Gasteiger partial charge in [0.15, 0.2) is 0 Å². The Morgan fingerprint density at radius 3 is 2.23 bits per heavy atom. The Morgan fingerprint density at radius 2 is 1.77 bits per heavy atom. The summed E-state index contributed by atoms with van der Waals surface area (Å²) < 4.78 is 0. The van der Waals surface area contributed by atoms with Crippen molar-refractivity contribution in [1.82, 2.24) is 0 Å². The van der Waals surface area contributed by atoms with Crippen molar-refractivity contribution in [1.29, 1.82) is 0 Å². The lowest BCUT2D eigenvalue weighted by Gasteiger charge is -2.17. The molecule has 0 nitrogen and oxygen atoms in total. The van der Waals surface area contributed by atoms with Gasteiger partial charge in [0.25, 0.3) is 0 Å². The van der Waals surface area contributed by atoms with Crippen LogP contribution in [0.25, 0.3) is 0 Å². The Labute approximate surface area is 85.1 Å². The molecule has 0 aromatic rings. The Kier molecular flexibility index (Phi) is 6.45. The van der Waals surface area contributed by atoms with Gasteiger partial charge in [-0.05, 0) is 24.7 Å². The lowest BCUT2D eigenvalue weighted by molar-refractivity contribution is 0.396. The summed E-state index contributed by atoms with van der Waals surface area (Å²) in [5.74, 6) is 0.813. The third kappa shape index (κ3) is 9.92. The highest BCUT2D eigenvalue weighted by Gasteiger charge is 2.09. The molecule has 0 aromatic carbocycles. The van der Waals surface area contributed by atoms with E-state index in [0.29, 0.717) is 0 Å². The van der Waals surface area contributed by atoms with Gasteiger partial charge in [-0.15, -0.1) is 0 Å². The molecule has 0 N–H and O–H groups in total. The molecule has 0 amide bonds. The third-order valence-corrected chi connectivity index (χ3v) is 2.54. The molecule has 0 heteroatoms. The minimum absolute atomic E-state index is 0.276. The zero-order chi connectivity index (χ0) is 10.3. The van der Waals surface area contributed by atoms with Gasteiger partial charge in [0.2, 0.25) is 0 Å². The lowest BCUT2D eigenvalue weighted by atomic mass is 9.89. The second-order valence-corrected chi connectivity index (χ2v) is 5.16. The van der Waals surface area contributed by atoms with E-state index in [9.17, 15) is 0 Å². The summed E-state index contributed by atoms with van der Waals surface area (Å²) in [7, 11) is 0. The average molecular weight is 182 g/mol. The predicted octanol–water partition coefficient (Wildman–Crippen LogP) is 4.66. The van der Waals surface area contributed by atoms with Crippen LogP contribution in [-0.4, -0.2) is 0 Å². The quantitative estimate of drug-likeness (QED) is 0.502. The number of rotatable bonds is 7. The van der Waals surface area contributed by atoms with Gasteiger partial charge in [-0.25, -0.2) is 0 Å². The average Bonchev–Trinajstić information content (AvgIpc) is 2.01. The van der Waals surface area contributed by atoms with Crippen LogP contribution in [0, 0.1) is 25.2 Å². The molecule has 1 atom stereocenters. The fraction of sp³-hybridized carbons (Fsp3) is 0.846. The normalized spacial score (nSPS) is 14.5. The van der Waals surface area contributed by atoms with Crippen LogP contribution >= 0.6 is 0 Å². The van der Waals surface area contributed by atoms with Crippen molar-refractivity contribution in [3.63, 3.8) is 0 Å². The van der Waals surface area contributed by atoms with E-state index in [1.165, 1.54) is 32.1 Å². The van der Waals surface area contributed by atoms with E-state index in [2.05, 4.69) is 34.6 Å². The van der Waals surface area contributed by atoms with Gasteiger partial charge in [-0.2, -0.15) is 0 Å². The van der Waals surface area contributed by atoms with E-state index in [1.807, 2.05) is 0 Å². The highest BCUT2D eigenvalue weighted by molar-refractivity contribution is 4.70. The molecular formula is C13H26. The first-order valence-electron chi connectivity index (χ1n) is 5.60. The second-order valence-electron chi connectivity index (χ2n) is 5.16. The molecule has 0 heterocycles. The van der Waals surface area contributed by atoms with Crippen molar-refractivity contribution in [2.24, 2.45) is 11.3 Å². The van der Waals surface area contributed by atoms with Crippen molar-refractivity contribution in [2.75, 3.05) is 0 Å². The van der Waals surface area contributed by atoms with Crippen molar-refractivity contribution in [3.8, 4) is 0 Å². The molecule has 0 bridgehead atoms. The van der Waals surface area contributed by atoms with Crippen molar-refractivity contribution >= 4 is 0 Å². The van der Waals surface area contributed by atoms with Gasteiger partial charge in [0.05, 0.1) is 0 Å². The summed E-state index contributed by atoms with van der Waals surface area (Å²) in [4.78, 5) is 0. The molecule has 0 aromatic heterocycles. The molecule has 0 saturated carbocycles. The van der Waals surface area contributed by atoms with Crippen LogP contribution < -0.4 is 0 Å². The fourth-order valence-corrected chi connectivity index (χ4v) is 1.42. The van der Waals surface area contributed by atoms with Crippen molar-refractivity contribution in [2.45, 2.75) is 59.3 Å². The minimum atomic E-state index is 0.276. The maximum Gasteiger partial charge on any atom is -0.0354 e. The molecular weight excluding hydrogens is 156 g/mol. The van der Waals surface area contributed by atoms with Crippen LogP contribution in [0.1, 0.15) is 59.3 Å². The smallest absolute Gasteiger partial charge is 0.0354 e. The van der Waals surface area contributed by atoms with Gasteiger partial charge in [0.1, 0.15) is 0 Å². The van der Waals surface area contributed by atoms with E-state index < -0.39 is 0 Å². The Morgan fingerprint density at radius 1 is 1.15 bits per heavy atom. The van der Waals surface area contributed by atoms with E-state index >= 15 is 0 Å². The Bertz CT molecular complexity index is 108. The first kappa shape index (κ1) is 13.0. The molecule has 0 saturated heterocycles. The highest BCUT2D eigenvalue weighted by Crippen LogP contribution is 2.22. The monoisotopic (exact) mass is 182 g/mol. The molecule has 0 aliphatic carbocycles. The molecule has 1 unspecified atom stereocenters. The Balaban J connectivity index is 3.18. The van der Waals surface area contributed by atoms with Crippen LogP contribution in [0.15, 0.2) is 0 Å². The van der Waals surface area contributed by atoms with Crippen molar-refractivity contribution in [3.05, 3.63) is 13.8 Å². The van der Waals surface area contributed by atoms with Gasteiger partial charge < -0.3 is 0 Å². The van der Waals surface area contributed by atoms with Crippen LogP contribution in [0.3, 0.4) is 0 Å². The van der Waals surface area contributed by atoms with Crippen LogP contribution in [-0.2, 0) is 0 Å². The molecule has 0 aliphatic heterocycles. The topological polar surface area (TPSA) is 0 Å². The largest absolute Gasteiger partial charge is 0.0625 e. The first-order chi connectivity index (χ1) is 5.95. The lowest BCUT2D eigenvalue weighted by Crippen LogP contribution is -2.04. The number of hydrogen-bond donors (Lipinski definition) is 0. The second kappa shape index (κ2) is 6.45. The summed E-state index contributed by atoms with van der Waals surface area (Å²) in [6.07, 6.45) is 7.75. The van der Waals surface area contributed by atoms with Crippen LogP contribution in [0.2, 0.25) is 0 Å². The van der Waals surface area contributed by atoms with Crippen LogP contribution in [0.4, 0.5) is 0 Å². The van der Waals surface area contributed by atoms with E-state index in [0.717, 1.165) is 12.3 Å². The molecule has 78 valence electrons. The number of unbranched alkanes of at least 4 members (excludes halogenated alkanes) is 2. The van der Waals surface area contributed by atoms with Gasteiger partial charge in [-0.1, -0.05) is 59.8 Å². The fourth-order valence-electron chi connectivity index (χ4n) is 1.42. The summed E-state index contributed by atoms with van der Waals surface area (Å²) in [5, 5.41) is 0. The molecule has 2 radical (unpaired) electrons. The minimum Gasteiger partial charge on any atom is -0.0625 e. The molecule has 0 fully saturated rings. The van der Waals surface area contributed by atoms with Gasteiger partial charge in [0, 0.05) is 0 Å². The van der Waals surface area contributed by atoms with Crippen molar-refractivity contribution < 1.29 is 0 Å². The number of hydrogen-bond acceptors (Lipinski definition) is 0. The standard InChI is InChI=1S/C13H26/c1-6-12(2)10-8-7-9-11-13(3,4)5/h12H,1,3,6-11H2,2,4-5H3. The molecule has 0 aliphatic rings. The zero-order valence-electron chi connectivity index (χ0n) is 9.73. The van der Waals surface area contributed by atoms with Crippen LogP contribution in [0.5, 0.6) is 0 Å². The SMILES string of the molecule is [CH2]CC(C)CCCCCC([CH2])(C)C. The Hall–Kier alpha value is 0. The summed E-state index contributed by atoms with van der Waals surface area (Å²) >= 11 is 0. The summed E-state index contributed by atoms with van der Waals surface area (Å²) in [5.41, 5.74) is 0.276. The summed E-state index contributed by atoms with van der Waals surface area (Å²) in [6.45, 7) is 14.7. The maximum atomic E-state index is 4.11. The molecule has 0 spiro atoms. The first-order valence-corrected chi connectivity index (χ1v) is 5.60. The molecule has 13 heavy (non-hydrogen) atoms. The predicted molar refractivity (Wildman–Crippen MR) is 61.4 cm³/mol. The summed E-state index contributed by atoms with van der Waals surface area (Å²) in [6, 6.07) is 0. The third-order valence-electron chi connectivity index (χ3n) is 2.54. The maximum absolute atomic E-state index is 4.11. The van der Waals surface area contributed by atoms with Gasteiger partial charge in [-0.3, -0.25) is 0 Å². The van der Waals surface area contributed by atoms with E-state index in [4.69, 9.17) is 0 Å². The highest BCUT2D eigenvalue weighted by atomic mass is 14.1.